The summed E-state index contributed by atoms with van der Waals surface area (Å²) < 4.78 is 91.9. The Balaban J connectivity index is 1.72. The Bertz CT molecular complexity index is 1390. The summed E-state index contributed by atoms with van der Waals surface area (Å²) in [6.45, 7) is -0.289. The number of rotatable bonds is 9. The highest BCUT2D eigenvalue weighted by molar-refractivity contribution is 7.92. The van der Waals surface area contributed by atoms with Crippen molar-refractivity contribution in [3.8, 4) is 0 Å². The molecular formula is C25H22F5N3O3S. The Morgan fingerprint density at radius 2 is 1.62 bits per heavy atom. The highest BCUT2D eigenvalue weighted by atomic mass is 32.2. The number of hydrogen-bond donors (Lipinski definition) is 2. The standard InChI is InChI=1S/C25H22F5N3O3S/c1-37(35,36)33-24-19(26)13-17(14-20(24)27)15-31-23(34)12-9-18-8-11-22(25(28,29)30)32-21(18)10-7-16-5-3-2-4-6-16/h2-6,8-9,11-14,33H,7,10,15H2,1H3,(H,31,34). The molecule has 1 heterocycles. The third-order valence-corrected chi connectivity index (χ3v) is 5.64. The van der Waals surface area contributed by atoms with Crippen LogP contribution in [-0.2, 0) is 40.4 Å². The first kappa shape index (κ1) is 27.8. The maximum Gasteiger partial charge on any atom is 0.433 e. The minimum atomic E-state index is -4.63. The molecule has 0 aliphatic carbocycles. The van der Waals surface area contributed by atoms with Gasteiger partial charge in [-0.15, -0.1) is 0 Å². The van der Waals surface area contributed by atoms with Crippen LogP contribution >= 0.6 is 0 Å². The number of hydrogen-bond acceptors (Lipinski definition) is 4. The van der Waals surface area contributed by atoms with Gasteiger partial charge in [0.1, 0.15) is 11.4 Å². The lowest BCUT2D eigenvalue weighted by molar-refractivity contribution is -0.141. The number of nitrogens with zero attached hydrogens (tertiary/aromatic N) is 1. The van der Waals surface area contributed by atoms with Crippen LogP contribution in [0.25, 0.3) is 6.08 Å². The van der Waals surface area contributed by atoms with E-state index in [0.29, 0.717) is 12.0 Å². The van der Waals surface area contributed by atoms with Gasteiger partial charge in [0, 0.05) is 18.3 Å². The molecule has 0 radical (unpaired) electrons. The van der Waals surface area contributed by atoms with Crippen LogP contribution in [0, 0.1) is 11.6 Å². The van der Waals surface area contributed by atoms with Crippen molar-refractivity contribution in [1.29, 1.82) is 0 Å². The second kappa shape index (κ2) is 11.5. The maximum atomic E-state index is 14.1. The zero-order chi connectivity index (χ0) is 27.2. The number of aryl methyl sites for hydroxylation is 2. The van der Waals surface area contributed by atoms with Gasteiger partial charge in [-0.05, 0) is 53.8 Å². The van der Waals surface area contributed by atoms with Gasteiger partial charge in [-0.2, -0.15) is 13.2 Å². The number of aromatic nitrogens is 1. The molecule has 6 nitrogen and oxygen atoms in total. The smallest absolute Gasteiger partial charge is 0.348 e. The number of amides is 1. The van der Waals surface area contributed by atoms with E-state index in [0.717, 1.165) is 36.1 Å². The van der Waals surface area contributed by atoms with Crippen molar-refractivity contribution in [2.75, 3.05) is 11.0 Å². The van der Waals surface area contributed by atoms with Crippen molar-refractivity contribution >= 4 is 27.7 Å². The first-order valence-corrected chi connectivity index (χ1v) is 12.7. The Labute approximate surface area is 210 Å². The van der Waals surface area contributed by atoms with Gasteiger partial charge in [-0.25, -0.2) is 22.2 Å². The molecule has 0 unspecified atom stereocenters. The first-order valence-electron chi connectivity index (χ1n) is 10.8. The summed E-state index contributed by atoms with van der Waals surface area (Å²) >= 11 is 0. The van der Waals surface area contributed by atoms with Crippen molar-refractivity contribution in [2.45, 2.75) is 25.6 Å². The number of halogens is 5. The Kier molecular flexibility index (Phi) is 8.64. The quantitative estimate of drug-likeness (QED) is 0.300. The van der Waals surface area contributed by atoms with Crippen molar-refractivity contribution in [2.24, 2.45) is 0 Å². The zero-order valence-electron chi connectivity index (χ0n) is 19.4. The molecule has 0 spiro atoms. The number of carbonyl (C=O) groups excluding carboxylic acids is 1. The molecule has 37 heavy (non-hydrogen) atoms. The van der Waals surface area contributed by atoms with Crippen LogP contribution in [0.2, 0.25) is 0 Å². The first-order chi connectivity index (χ1) is 17.3. The summed E-state index contributed by atoms with van der Waals surface area (Å²) in [7, 11) is -3.91. The fraction of sp³-hybridized carbons (Fsp3) is 0.200. The van der Waals surface area contributed by atoms with Crippen molar-refractivity contribution in [3.05, 3.63) is 100 Å². The molecule has 3 aromatic rings. The van der Waals surface area contributed by atoms with E-state index in [1.54, 1.807) is 4.72 Å². The molecular weight excluding hydrogens is 517 g/mol. The molecule has 0 saturated heterocycles. The maximum absolute atomic E-state index is 14.1. The molecule has 0 atom stereocenters. The molecule has 0 aliphatic heterocycles. The molecule has 0 saturated carbocycles. The topological polar surface area (TPSA) is 88.2 Å². The Hall–Kier alpha value is -3.80. The predicted octanol–water partition coefficient (Wildman–Crippen LogP) is 4.86. The van der Waals surface area contributed by atoms with Gasteiger partial charge in [0.05, 0.1) is 6.26 Å². The average molecular weight is 540 g/mol. The summed E-state index contributed by atoms with van der Waals surface area (Å²) in [5.41, 5.74) is -0.485. The minimum Gasteiger partial charge on any atom is -0.348 e. The van der Waals surface area contributed by atoms with Gasteiger partial charge in [0.15, 0.2) is 11.6 Å². The fourth-order valence-corrected chi connectivity index (χ4v) is 3.92. The number of carbonyl (C=O) groups is 1. The monoisotopic (exact) mass is 539 g/mol. The lowest BCUT2D eigenvalue weighted by atomic mass is 10.0. The van der Waals surface area contributed by atoms with Crippen LogP contribution in [0.5, 0.6) is 0 Å². The van der Waals surface area contributed by atoms with Gasteiger partial charge in [0.25, 0.3) is 0 Å². The molecule has 0 bridgehead atoms. The highest BCUT2D eigenvalue weighted by Gasteiger charge is 2.32. The van der Waals surface area contributed by atoms with Crippen LogP contribution < -0.4 is 10.0 Å². The molecule has 2 N–H and O–H groups in total. The van der Waals surface area contributed by atoms with Crippen LogP contribution in [-0.4, -0.2) is 25.6 Å². The SMILES string of the molecule is CS(=O)(=O)Nc1c(F)cc(CNC(=O)C=Cc2ccc(C(F)(F)F)nc2CCc2ccccc2)cc1F. The molecule has 0 aliphatic rings. The van der Waals surface area contributed by atoms with E-state index >= 15 is 0 Å². The van der Waals surface area contributed by atoms with E-state index in [-0.39, 0.29) is 24.2 Å². The second-order valence-corrected chi connectivity index (χ2v) is 9.82. The molecule has 196 valence electrons. The highest BCUT2D eigenvalue weighted by Crippen LogP contribution is 2.29. The van der Waals surface area contributed by atoms with E-state index in [9.17, 15) is 35.2 Å². The number of pyridine rings is 1. The second-order valence-electron chi connectivity index (χ2n) is 8.08. The summed E-state index contributed by atoms with van der Waals surface area (Å²) in [6, 6.07) is 12.9. The predicted molar refractivity (Wildman–Crippen MR) is 129 cm³/mol. The number of sulfonamides is 1. The van der Waals surface area contributed by atoms with Crippen molar-refractivity contribution in [3.63, 3.8) is 0 Å². The van der Waals surface area contributed by atoms with Crippen molar-refractivity contribution < 1.29 is 35.2 Å². The summed E-state index contributed by atoms with van der Waals surface area (Å²) in [4.78, 5) is 16.0. The van der Waals surface area contributed by atoms with Crippen LogP contribution in [0.3, 0.4) is 0 Å². The van der Waals surface area contributed by atoms with E-state index in [1.807, 2.05) is 30.3 Å². The molecule has 1 aromatic heterocycles. The third-order valence-electron chi connectivity index (χ3n) is 5.06. The van der Waals surface area contributed by atoms with Crippen LogP contribution in [0.15, 0.2) is 60.7 Å². The molecule has 1 amide bonds. The van der Waals surface area contributed by atoms with Gasteiger partial charge in [-0.3, -0.25) is 9.52 Å². The third kappa shape index (κ3) is 8.38. The Morgan fingerprint density at radius 1 is 0.973 bits per heavy atom. The summed E-state index contributed by atoms with van der Waals surface area (Å²) in [5, 5.41) is 2.41. The van der Waals surface area contributed by atoms with Gasteiger partial charge in [-0.1, -0.05) is 36.4 Å². The van der Waals surface area contributed by atoms with Crippen molar-refractivity contribution in [1.82, 2.24) is 10.3 Å². The van der Waals surface area contributed by atoms with Crippen LogP contribution in [0.1, 0.15) is 28.1 Å². The summed E-state index contributed by atoms with van der Waals surface area (Å²) in [6.07, 6.45) is -0.874. The number of nitrogens with one attached hydrogen (secondary N) is 2. The lowest BCUT2D eigenvalue weighted by Gasteiger charge is -2.11. The van der Waals surface area contributed by atoms with E-state index in [4.69, 9.17) is 0 Å². The largest absolute Gasteiger partial charge is 0.433 e. The average Bonchev–Trinajstić information content (AvgIpc) is 2.82. The van der Waals surface area contributed by atoms with E-state index in [1.165, 1.54) is 12.1 Å². The molecule has 2 aromatic carbocycles. The van der Waals surface area contributed by atoms with Crippen LogP contribution in [0.4, 0.5) is 27.6 Å². The number of benzene rings is 2. The summed E-state index contributed by atoms with van der Waals surface area (Å²) in [5.74, 6) is -3.00. The van der Waals surface area contributed by atoms with E-state index < -0.39 is 45.1 Å². The van der Waals surface area contributed by atoms with Gasteiger partial charge in [0.2, 0.25) is 15.9 Å². The molecule has 12 heteroatoms. The fourth-order valence-electron chi connectivity index (χ4n) is 3.35. The molecule has 3 rings (SSSR count). The minimum absolute atomic E-state index is 0.0237. The number of alkyl halides is 3. The molecule has 0 fully saturated rings. The van der Waals surface area contributed by atoms with Gasteiger partial charge >= 0.3 is 6.18 Å². The zero-order valence-corrected chi connectivity index (χ0v) is 20.3. The van der Waals surface area contributed by atoms with E-state index in [2.05, 4.69) is 10.3 Å². The Morgan fingerprint density at radius 3 is 2.22 bits per heavy atom. The lowest BCUT2D eigenvalue weighted by Crippen LogP contribution is -2.21. The number of anilines is 1. The normalized spacial score (nSPS) is 12.1. The van der Waals surface area contributed by atoms with Gasteiger partial charge < -0.3 is 5.32 Å².